The van der Waals surface area contributed by atoms with E-state index in [1.165, 1.54) is 6.07 Å². The van der Waals surface area contributed by atoms with Crippen molar-refractivity contribution in [2.24, 2.45) is 11.7 Å². The molecule has 2 rings (SSSR count). The molecule has 1 saturated carbocycles. The fourth-order valence-corrected chi connectivity index (χ4v) is 2.40. The fourth-order valence-electron chi connectivity index (χ4n) is 2.40. The van der Waals surface area contributed by atoms with Gasteiger partial charge >= 0.3 is 11.7 Å². The van der Waals surface area contributed by atoms with Gasteiger partial charge in [0.25, 0.3) is 0 Å². The molecule has 1 fully saturated rings. The number of nitrogens with two attached hydrogens (primary N) is 1. The molecular weight excluding hydrogens is 276 g/mol. The average molecular weight is 294 g/mol. The average Bonchev–Trinajstić information content (AvgIpc) is 3.20. The number of nitrogens with zero attached hydrogens (tertiary/aromatic N) is 1. The van der Waals surface area contributed by atoms with E-state index in [1.807, 2.05) is 0 Å². The van der Waals surface area contributed by atoms with E-state index in [9.17, 15) is 20.0 Å². The SMILES string of the molecule is Cc1cc(C)c(OCC(N)(C(=O)O)C2CC2)c([N+](=O)[O-])c1. The summed E-state index contributed by atoms with van der Waals surface area (Å²) >= 11 is 0. The van der Waals surface area contributed by atoms with Gasteiger partial charge in [-0.05, 0) is 43.7 Å². The van der Waals surface area contributed by atoms with Crippen LogP contribution in [0, 0.1) is 29.9 Å². The van der Waals surface area contributed by atoms with Gasteiger partial charge in [-0.2, -0.15) is 0 Å². The summed E-state index contributed by atoms with van der Waals surface area (Å²) in [6.45, 7) is 3.15. The normalized spacial score (nSPS) is 17.1. The van der Waals surface area contributed by atoms with E-state index in [2.05, 4.69) is 0 Å². The number of carboxylic acid groups (broad SMARTS) is 1. The van der Waals surface area contributed by atoms with Gasteiger partial charge in [-0.15, -0.1) is 0 Å². The number of rotatable bonds is 6. The minimum absolute atomic E-state index is 0.0855. The maximum atomic E-state index is 11.3. The lowest BCUT2D eigenvalue weighted by atomic mass is 9.96. The van der Waals surface area contributed by atoms with E-state index in [1.54, 1.807) is 19.9 Å². The third-order valence-corrected chi connectivity index (χ3v) is 3.76. The van der Waals surface area contributed by atoms with Crippen molar-refractivity contribution >= 4 is 11.7 Å². The highest BCUT2D eigenvalue weighted by Gasteiger charge is 2.49. The summed E-state index contributed by atoms with van der Waals surface area (Å²) in [6.07, 6.45) is 1.47. The third kappa shape index (κ3) is 2.97. The zero-order chi connectivity index (χ0) is 15.8. The molecule has 1 aliphatic rings. The Morgan fingerprint density at radius 3 is 2.62 bits per heavy atom. The van der Waals surface area contributed by atoms with Crippen LogP contribution in [0.3, 0.4) is 0 Å². The highest BCUT2D eigenvalue weighted by atomic mass is 16.6. The Morgan fingerprint density at radius 2 is 2.14 bits per heavy atom. The van der Waals surface area contributed by atoms with Crippen molar-refractivity contribution in [3.8, 4) is 5.75 Å². The first-order chi connectivity index (χ1) is 9.75. The predicted molar refractivity (Wildman–Crippen MR) is 75.3 cm³/mol. The van der Waals surface area contributed by atoms with E-state index >= 15 is 0 Å². The minimum atomic E-state index is -1.49. The van der Waals surface area contributed by atoms with Crippen molar-refractivity contribution < 1.29 is 19.6 Å². The number of nitro groups is 1. The van der Waals surface area contributed by atoms with E-state index in [0.29, 0.717) is 5.56 Å². The van der Waals surface area contributed by atoms with Gasteiger partial charge in [-0.25, -0.2) is 0 Å². The molecule has 0 amide bonds. The van der Waals surface area contributed by atoms with Gasteiger partial charge in [0.05, 0.1) is 4.92 Å². The van der Waals surface area contributed by atoms with Crippen LogP contribution >= 0.6 is 0 Å². The maximum absolute atomic E-state index is 11.3. The first-order valence-electron chi connectivity index (χ1n) is 6.66. The zero-order valence-electron chi connectivity index (χ0n) is 12.0. The van der Waals surface area contributed by atoms with Crippen LogP contribution in [-0.4, -0.2) is 28.1 Å². The van der Waals surface area contributed by atoms with E-state index < -0.39 is 16.4 Å². The predicted octanol–water partition coefficient (Wildman–Crippen LogP) is 1.78. The van der Waals surface area contributed by atoms with E-state index in [4.69, 9.17) is 10.5 Å². The van der Waals surface area contributed by atoms with E-state index in [0.717, 1.165) is 18.4 Å². The molecule has 0 aliphatic heterocycles. The summed E-state index contributed by atoms with van der Waals surface area (Å²) in [5, 5.41) is 20.4. The standard InChI is InChI=1S/C14H18N2O5/c1-8-5-9(2)12(11(6-8)16(19)20)21-7-14(15,13(17)18)10-3-4-10/h5-6,10H,3-4,7,15H2,1-2H3,(H,17,18). The van der Waals surface area contributed by atoms with Gasteiger partial charge in [-0.3, -0.25) is 14.9 Å². The number of aryl methyl sites for hydroxylation is 2. The Labute approximate surface area is 121 Å². The number of aliphatic carboxylic acids is 1. The van der Waals surface area contributed by atoms with Crippen LogP contribution in [-0.2, 0) is 4.79 Å². The Kier molecular flexibility index (Phi) is 3.87. The largest absolute Gasteiger partial charge is 0.484 e. The van der Waals surface area contributed by atoms with Crippen LogP contribution in [0.1, 0.15) is 24.0 Å². The Morgan fingerprint density at radius 1 is 1.52 bits per heavy atom. The van der Waals surface area contributed by atoms with Gasteiger partial charge in [0.15, 0.2) is 11.3 Å². The molecule has 114 valence electrons. The number of carbonyl (C=O) groups is 1. The van der Waals surface area contributed by atoms with Crippen LogP contribution in [0.5, 0.6) is 5.75 Å². The van der Waals surface area contributed by atoms with E-state index in [-0.39, 0.29) is 24.0 Å². The highest BCUT2D eigenvalue weighted by molar-refractivity contribution is 5.79. The molecule has 0 saturated heterocycles. The summed E-state index contributed by atoms with van der Waals surface area (Å²) < 4.78 is 5.46. The second-order valence-electron chi connectivity index (χ2n) is 5.60. The van der Waals surface area contributed by atoms with Gasteiger partial charge in [0.2, 0.25) is 0 Å². The number of hydrogen-bond donors (Lipinski definition) is 2. The molecule has 1 aromatic carbocycles. The molecule has 7 heteroatoms. The molecule has 1 unspecified atom stereocenters. The van der Waals surface area contributed by atoms with Crippen LogP contribution in [0.25, 0.3) is 0 Å². The van der Waals surface area contributed by atoms with Crippen LogP contribution in [0.4, 0.5) is 5.69 Å². The highest BCUT2D eigenvalue weighted by Crippen LogP contribution is 2.40. The van der Waals surface area contributed by atoms with Crippen molar-refractivity contribution in [3.05, 3.63) is 33.4 Å². The van der Waals surface area contributed by atoms with Crippen molar-refractivity contribution in [3.63, 3.8) is 0 Å². The second-order valence-corrected chi connectivity index (χ2v) is 5.60. The van der Waals surface area contributed by atoms with Crippen molar-refractivity contribution in [1.29, 1.82) is 0 Å². The quantitative estimate of drug-likeness (QED) is 0.610. The molecule has 3 N–H and O–H groups in total. The van der Waals surface area contributed by atoms with Crippen LogP contribution in [0.15, 0.2) is 12.1 Å². The molecule has 0 aromatic heterocycles. The smallest absolute Gasteiger partial charge is 0.327 e. The number of nitro benzene ring substituents is 1. The van der Waals surface area contributed by atoms with Gasteiger partial charge in [0.1, 0.15) is 6.61 Å². The molecule has 0 bridgehead atoms. The summed E-state index contributed by atoms with van der Waals surface area (Å²) in [4.78, 5) is 21.9. The molecule has 1 aromatic rings. The number of benzene rings is 1. The number of carboxylic acids is 1. The first kappa shape index (κ1) is 15.2. The summed E-state index contributed by atoms with van der Waals surface area (Å²) in [6, 6.07) is 3.15. The lowest BCUT2D eigenvalue weighted by molar-refractivity contribution is -0.386. The first-order valence-corrected chi connectivity index (χ1v) is 6.66. The van der Waals surface area contributed by atoms with Gasteiger partial charge in [-0.1, -0.05) is 6.07 Å². The summed E-state index contributed by atoms with van der Waals surface area (Å²) in [5.74, 6) is -1.19. The molecular formula is C14H18N2O5. The van der Waals surface area contributed by atoms with Crippen LogP contribution in [0.2, 0.25) is 0 Å². The summed E-state index contributed by atoms with van der Waals surface area (Å²) in [5.41, 5.74) is 5.57. The molecule has 0 radical (unpaired) electrons. The summed E-state index contributed by atoms with van der Waals surface area (Å²) in [7, 11) is 0. The molecule has 0 heterocycles. The molecule has 21 heavy (non-hydrogen) atoms. The third-order valence-electron chi connectivity index (χ3n) is 3.76. The Hall–Kier alpha value is -2.15. The molecule has 1 atom stereocenters. The van der Waals surface area contributed by atoms with Crippen molar-refractivity contribution in [1.82, 2.24) is 0 Å². The zero-order valence-corrected chi connectivity index (χ0v) is 12.0. The van der Waals surface area contributed by atoms with Crippen molar-refractivity contribution in [2.45, 2.75) is 32.2 Å². The van der Waals surface area contributed by atoms with Gasteiger partial charge in [0, 0.05) is 6.07 Å². The monoisotopic (exact) mass is 294 g/mol. The number of ether oxygens (including phenoxy) is 1. The lowest BCUT2D eigenvalue weighted by Gasteiger charge is -2.24. The molecule has 7 nitrogen and oxygen atoms in total. The molecule has 0 spiro atoms. The maximum Gasteiger partial charge on any atom is 0.327 e. The minimum Gasteiger partial charge on any atom is -0.484 e. The Balaban J connectivity index is 2.27. The second kappa shape index (κ2) is 5.33. The van der Waals surface area contributed by atoms with Crippen LogP contribution < -0.4 is 10.5 Å². The lowest BCUT2D eigenvalue weighted by Crippen LogP contribution is -2.54. The van der Waals surface area contributed by atoms with Crippen molar-refractivity contribution in [2.75, 3.05) is 6.61 Å². The topological polar surface area (TPSA) is 116 Å². The number of hydrogen-bond acceptors (Lipinski definition) is 5. The Bertz CT molecular complexity index is 597. The molecule has 1 aliphatic carbocycles. The van der Waals surface area contributed by atoms with Gasteiger partial charge < -0.3 is 15.6 Å². The fraction of sp³-hybridized carbons (Fsp3) is 0.500.